The number of amides is 1. The highest BCUT2D eigenvalue weighted by Gasteiger charge is 2.25. The second kappa shape index (κ2) is 6.57. The molecule has 1 aromatic carbocycles. The summed E-state index contributed by atoms with van der Waals surface area (Å²) in [4.78, 5) is 23.1. The van der Waals surface area contributed by atoms with Crippen LogP contribution >= 0.6 is 11.3 Å². The van der Waals surface area contributed by atoms with Crippen molar-refractivity contribution < 1.29 is 4.79 Å². The topological polar surface area (TPSA) is 58.1 Å². The average Bonchev–Trinajstić information content (AvgIpc) is 3.10. The zero-order chi connectivity index (χ0) is 16.4. The molecular formula is C18H18N4OS. The Morgan fingerprint density at radius 1 is 1.25 bits per heavy atom. The third-order valence-corrected chi connectivity index (χ3v) is 5.28. The number of hydrogen-bond acceptors (Lipinski definition) is 5. The molecule has 1 aliphatic rings. The highest BCUT2D eigenvalue weighted by Crippen LogP contribution is 2.28. The number of nitrogens with one attached hydrogen (secondary N) is 1. The minimum absolute atomic E-state index is 0.0597. The molecule has 6 heteroatoms. The van der Waals surface area contributed by atoms with Crippen LogP contribution in [0.2, 0.25) is 0 Å². The molecule has 0 radical (unpaired) electrons. The van der Waals surface area contributed by atoms with Gasteiger partial charge in [0.25, 0.3) is 0 Å². The van der Waals surface area contributed by atoms with Gasteiger partial charge in [-0.25, -0.2) is 4.98 Å². The van der Waals surface area contributed by atoms with Gasteiger partial charge in [0.2, 0.25) is 5.91 Å². The van der Waals surface area contributed by atoms with Crippen molar-refractivity contribution in [1.29, 1.82) is 0 Å². The van der Waals surface area contributed by atoms with Crippen molar-refractivity contribution >= 4 is 38.8 Å². The highest BCUT2D eigenvalue weighted by molar-refractivity contribution is 7.16. The van der Waals surface area contributed by atoms with E-state index in [2.05, 4.69) is 38.4 Å². The van der Waals surface area contributed by atoms with E-state index < -0.39 is 0 Å². The van der Waals surface area contributed by atoms with Gasteiger partial charge in [-0.05, 0) is 43.2 Å². The first-order valence-corrected chi connectivity index (χ1v) is 8.97. The van der Waals surface area contributed by atoms with E-state index in [0.717, 1.165) is 37.1 Å². The minimum Gasteiger partial charge on any atom is -0.371 e. The SMILES string of the molecule is O=C(Nc1cccnc1)C1CCN(c2ccc3scnc3c2)CC1. The number of piperidine rings is 1. The quantitative estimate of drug-likeness (QED) is 0.793. The van der Waals surface area contributed by atoms with E-state index in [9.17, 15) is 4.79 Å². The van der Waals surface area contributed by atoms with E-state index in [1.54, 1.807) is 23.7 Å². The average molecular weight is 338 g/mol. The summed E-state index contributed by atoms with van der Waals surface area (Å²) in [6, 6.07) is 10.1. The molecule has 5 nitrogen and oxygen atoms in total. The van der Waals surface area contributed by atoms with Crippen molar-refractivity contribution in [2.45, 2.75) is 12.8 Å². The zero-order valence-electron chi connectivity index (χ0n) is 13.2. The number of carbonyl (C=O) groups excluding carboxylic acids is 1. The summed E-state index contributed by atoms with van der Waals surface area (Å²) in [5, 5.41) is 2.96. The molecule has 122 valence electrons. The lowest BCUT2D eigenvalue weighted by Gasteiger charge is -2.33. The first kappa shape index (κ1) is 15.1. The molecule has 0 unspecified atom stereocenters. The molecule has 0 saturated carbocycles. The monoisotopic (exact) mass is 338 g/mol. The third-order valence-electron chi connectivity index (χ3n) is 4.47. The van der Waals surface area contributed by atoms with Crippen molar-refractivity contribution in [3.63, 3.8) is 0 Å². The Kier molecular flexibility index (Phi) is 4.13. The van der Waals surface area contributed by atoms with E-state index in [-0.39, 0.29) is 11.8 Å². The molecular weight excluding hydrogens is 320 g/mol. The van der Waals surface area contributed by atoms with Gasteiger partial charge in [-0.3, -0.25) is 9.78 Å². The predicted molar refractivity (Wildman–Crippen MR) is 97.4 cm³/mol. The molecule has 0 spiro atoms. The Balaban J connectivity index is 1.38. The van der Waals surface area contributed by atoms with Crippen molar-refractivity contribution in [3.05, 3.63) is 48.2 Å². The fourth-order valence-corrected chi connectivity index (χ4v) is 3.78. The van der Waals surface area contributed by atoms with E-state index in [1.165, 1.54) is 10.4 Å². The van der Waals surface area contributed by atoms with Crippen LogP contribution in [0.4, 0.5) is 11.4 Å². The maximum atomic E-state index is 12.4. The van der Waals surface area contributed by atoms with Crippen LogP contribution in [-0.2, 0) is 4.79 Å². The molecule has 1 N–H and O–H groups in total. The standard InChI is InChI=1S/C18H18N4OS/c23-18(21-14-2-1-7-19-11-14)13-5-8-22(9-6-13)15-3-4-17-16(10-15)20-12-24-17/h1-4,7,10-13H,5-6,8-9H2,(H,21,23). The molecule has 3 aromatic rings. The van der Waals surface area contributed by atoms with E-state index in [0.29, 0.717) is 0 Å². The lowest BCUT2D eigenvalue weighted by Crippen LogP contribution is -2.38. The Bertz CT molecular complexity index is 840. The molecule has 0 bridgehead atoms. The summed E-state index contributed by atoms with van der Waals surface area (Å²) in [5.41, 5.74) is 4.89. The van der Waals surface area contributed by atoms with Crippen LogP contribution in [0, 0.1) is 5.92 Å². The number of pyridine rings is 1. The summed E-state index contributed by atoms with van der Waals surface area (Å²) in [6.45, 7) is 1.78. The Morgan fingerprint density at radius 3 is 2.92 bits per heavy atom. The molecule has 0 atom stereocenters. The van der Waals surface area contributed by atoms with Gasteiger partial charge in [0.05, 0.1) is 27.6 Å². The minimum atomic E-state index is 0.0597. The number of aromatic nitrogens is 2. The summed E-state index contributed by atoms with van der Waals surface area (Å²) in [5.74, 6) is 0.155. The highest BCUT2D eigenvalue weighted by atomic mass is 32.1. The predicted octanol–water partition coefficient (Wildman–Crippen LogP) is 3.55. The van der Waals surface area contributed by atoms with Gasteiger partial charge in [0.1, 0.15) is 0 Å². The third kappa shape index (κ3) is 3.10. The van der Waals surface area contributed by atoms with E-state index >= 15 is 0 Å². The van der Waals surface area contributed by atoms with Gasteiger partial charge in [-0.15, -0.1) is 11.3 Å². The van der Waals surface area contributed by atoms with Crippen molar-refractivity contribution in [2.24, 2.45) is 5.92 Å². The van der Waals surface area contributed by atoms with Gasteiger partial charge >= 0.3 is 0 Å². The molecule has 3 heterocycles. The summed E-state index contributed by atoms with van der Waals surface area (Å²) >= 11 is 1.66. The van der Waals surface area contributed by atoms with Crippen LogP contribution in [-0.4, -0.2) is 29.0 Å². The maximum Gasteiger partial charge on any atom is 0.227 e. The van der Waals surface area contributed by atoms with Gasteiger partial charge in [0.15, 0.2) is 0 Å². The molecule has 2 aromatic heterocycles. The molecule has 1 fully saturated rings. The second-order valence-electron chi connectivity index (χ2n) is 6.00. The van der Waals surface area contributed by atoms with Crippen molar-refractivity contribution in [2.75, 3.05) is 23.3 Å². The normalized spacial score (nSPS) is 15.6. The number of carbonyl (C=O) groups is 1. The number of anilines is 2. The van der Waals surface area contributed by atoms with Gasteiger partial charge in [-0.2, -0.15) is 0 Å². The Labute approximate surface area is 144 Å². The van der Waals surface area contributed by atoms with E-state index in [1.807, 2.05) is 17.6 Å². The molecule has 0 aliphatic carbocycles. The van der Waals surface area contributed by atoms with Crippen LogP contribution in [0.1, 0.15) is 12.8 Å². The van der Waals surface area contributed by atoms with Crippen LogP contribution < -0.4 is 10.2 Å². The number of hydrogen-bond donors (Lipinski definition) is 1. The van der Waals surface area contributed by atoms with Crippen LogP contribution in [0.5, 0.6) is 0 Å². The number of benzene rings is 1. The largest absolute Gasteiger partial charge is 0.371 e. The lowest BCUT2D eigenvalue weighted by molar-refractivity contribution is -0.120. The second-order valence-corrected chi connectivity index (χ2v) is 6.88. The van der Waals surface area contributed by atoms with Crippen LogP contribution in [0.25, 0.3) is 10.2 Å². The number of rotatable bonds is 3. The molecule has 1 aliphatic heterocycles. The number of thiazole rings is 1. The maximum absolute atomic E-state index is 12.4. The fraction of sp³-hybridized carbons (Fsp3) is 0.278. The van der Waals surface area contributed by atoms with E-state index in [4.69, 9.17) is 0 Å². The number of nitrogens with zero attached hydrogens (tertiary/aromatic N) is 3. The fourth-order valence-electron chi connectivity index (χ4n) is 3.12. The van der Waals surface area contributed by atoms with Crippen molar-refractivity contribution in [3.8, 4) is 0 Å². The molecule has 1 amide bonds. The first-order chi connectivity index (χ1) is 11.8. The lowest BCUT2D eigenvalue weighted by atomic mass is 9.95. The van der Waals surface area contributed by atoms with Crippen molar-refractivity contribution in [1.82, 2.24) is 9.97 Å². The summed E-state index contributed by atoms with van der Waals surface area (Å²) in [7, 11) is 0. The van der Waals surface area contributed by atoms with Crippen LogP contribution in [0.15, 0.2) is 48.2 Å². The molecule has 24 heavy (non-hydrogen) atoms. The molecule has 4 rings (SSSR count). The zero-order valence-corrected chi connectivity index (χ0v) is 14.0. The van der Waals surface area contributed by atoms with Gasteiger partial charge in [0, 0.05) is 30.9 Å². The molecule has 1 saturated heterocycles. The first-order valence-electron chi connectivity index (χ1n) is 8.09. The van der Waals surface area contributed by atoms with Gasteiger partial charge < -0.3 is 10.2 Å². The summed E-state index contributed by atoms with van der Waals surface area (Å²) < 4.78 is 1.21. The Morgan fingerprint density at radius 2 is 2.12 bits per heavy atom. The summed E-state index contributed by atoms with van der Waals surface area (Å²) in [6.07, 6.45) is 5.10. The number of fused-ring (bicyclic) bond motifs is 1. The smallest absolute Gasteiger partial charge is 0.227 e. The van der Waals surface area contributed by atoms with Gasteiger partial charge in [-0.1, -0.05) is 0 Å². The van der Waals surface area contributed by atoms with Crippen LogP contribution in [0.3, 0.4) is 0 Å². The Hall–Kier alpha value is -2.47.